The van der Waals surface area contributed by atoms with Crippen LogP contribution in [0.5, 0.6) is 0 Å². The summed E-state index contributed by atoms with van der Waals surface area (Å²) < 4.78 is 0. The minimum Gasteiger partial charge on any atom is -0.479 e. The molecule has 16 heavy (non-hydrogen) atoms. The van der Waals surface area contributed by atoms with Crippen molar-refractivity contribution in [3.05, 3.63) is 39.9 Å². The number of hydrogen-bond acceptors (Lipinski definition) is 3. The van der Waals surface area contributed by atoms with E-state index in [1.54, 1.807) is 18.2 Å². The summed E-state index contributed by atoms with van der Waals surface area (Å²) in [5, 5.41) is 9.60. The molecule has 1 unspecified atom stereocenters. The molecule has 2 N–H and O–H groups in total. The van der Waals surface area contributed by atoms with Crippen LogP contribution < -0.4 is 5.48 Å². The standard InChI is InChI=1S/C10H7Cl2NO3/c11-5-2-1-3-6(12)9(5)7-4-8(10(14)15)16-13-7/h1-4,8,13H,(H,14,15). The minimum atomic E-state index is -1.08. The van der Waals surface area contributed by atoms with Gasteiger partial charge in [0.25, 0.3) is 0 Å². The van der Waals surface area contributed by atoms with Crippen LogP contribution in [0.25, 0.3) is 5.70 Å². The van der Waals surface area contributed by atoms with Gasteiger partial charge in [-0.25, -0.2) is 4.79 Å². The van der Waals surface area contributed by atoms with E-state index in [1.807, 2.05) is 0 Å². The maximum absolute atomic E-state index is 10.7. The molecule has 1 atom stereocenters. The average Bonchev–Trinajstić information content (AvgIpc) is 2.66. The second kappa shape index (κ2) is 4.33. The van der Waals surface area contributed by atoms with Crippen molar-refractivity contribution in [3.8, 4) is 0 Å². The number of rotatable bonds is 2. The fourth-order valence-electron chi connectivity index (χ4n) is 1.36. The summed E-state index contributed by atoms with van der Waals surface area (Å²) in [6, 6.07) is 5.04. The summed E-state index contributed by atoms with van der Waals surface area (Å²) >= 11 is 11.9. The van der Waals surface area contributed by atoms with Crippen molar-refractivity contribution in [2.75, 3.05) is 0 Å². The highest BCUT2D eigenvalue weighted by atomic mass is 35.5. The van der Waals surface area contributed by atoms with Gasteiger partial charge >= 0.3 is 5.97 Å². The third-order valence-corrected chi connectivity index (χ3v) is 2.72. The van der Waals surface area contributed by atoms with Crippen molar-refractivity contribution in [1.29, 1.82) is 0 Å². The van der Waals surface area contributed by atoms with E-state index in [9.17, 15) is 4.79 Å². The number of carboxylic acid groups (broad SMARTS) is 1. The van der Waals surface area contributed by atoms with E-state index in [0.717, 1.165) is 0 Å². The maximum Gasteiger partial charge on any atom is 0.339 e. The number of hydroxylamine groups is 1. The number of hydrogen-bond donors (Lipinski definition) is 2. The van der Waals surface area contributed by atoms with E-state index in [4.69, 9.17) is 33.1 Å². The van der Waals surface area contributed by atoms with Crippen LogP contribution in [0.2, 0.25) is 10.0 Å². The zero-order valence-corrected chi connectivity index (χ0v) is 9.42. The normalized spacial score (nSPS) is 19.1. The molecule has 0 spiro atoms. The zero-order valence-electron chi connectivity index (χ0n) is 7.91. The smallest absolute Gasteiger partial charge is 0.339 e. The third-order valence-electron chi connectivity index (χ3n) is 2.09. The van der Waals surface area contributed by atoms with E-state index in [2.05, 4.69) is 5.48 Å². The molecule has 2 rings (SSSR count). The van der Waals surface area contributed by atoms with Gasteiger partial charge in [-0.1, -0.05) is 29.3 Å². The summed E-state index contributed by atoms with van der Waals surface area (Å²) in [5.74, 6) is -1.08. The fraction of sp³-hybridized carbons (Fsp3) is 0.100. The topological polar surface area (TPSA) is 58.6 Å². The molecule has 1 aromatic rings. The van der Waals surface area contributed by atoms with Crippen LogP contribution in [0.1, 0.15) is 5.56 Å². The van der Waals surface area contributed by atoms with Crippen molar-refractivity contribution >= 4 is 34.9 Å². The molecular formula is C10H7Cl2NO3. The Kier molecular flexibility index (Phi) is 3.05. The molecule has 0 saturated carbocycles. The Balaban J connectivity index is 2.39. The highest BCUT2D eigenvalue weighted by molar-refractivity contribution is 6.37. The SMILES string of the molecule is O=C(O)C1C=C(c2c(Cl)cccc2Cl)NO1. The Morgan fingerprint density at radius 3 is 2.50 bits per heavy atom. The molecule has 0 fully saturated rings. The molecule has 6 heteroatoms. The van der Waals surface area contributed by atoms with Crippen molar-refractivity contribution < 1.29 is 14.7 Å². The van der Waals surface area contributed by atoms with E-state index in [0.29, 0.717) is 21.3 Å². The molecular weight excluding hydrogens is 253 g/mol. The largest absolute Gasteiger partial charge is 0.479 e. The molecule has 0 aliphatic carbocycles. The van der Waals surface area contributed by atoms with Gasteiger partial charge < -0.3 is 5.11 Å². The van der Waals surface area contributed by atoms with E-state index < -0.39 is 12.1 Å². The first-order chi connectivity index (χ1) is 7.59. The first-order valence-corrected chi connectivity index (χ1v) is 5.16. The van der Waals surface area contributed by atoms with Gasteiger partial charge in [0.15, 0.2) is 0 Å². The van der Waals surface area contributed by atoms with Crippen molar-refractivity contribution in [3.63, 3.8) is 0 Å². The molecule has 1 aromatic carbocycles. The number of aliphatic carboxylic acids is 1. The molecule has 0 bridgehead atoms. The second-order valence-electron chi connectivity index (χ2n) is 3.16. The molecule has 1 heterocycles. The van der Waals surface area contributed by atoms with Crippen LogP contribution in [-0.4, -0.2) is 17.2 Å². The van der Waals surface area contributed by atoms with Gasteiger partial charge in [0.2, 0.25) is 6.10 Å². The predicted molar refractivity (Wildman–Crippen MR) is 60.1 cm³/mol. The van der Waals surface area contributed by atoms with Gasteiger partial charge in [-0.15, -0.1) is 0 Å². The van der Waals surface area contributed by atoms with Crippen molar-refractivity contribution in [1.82, 2.24) is 5.48 Å². The van der Waals surface area contributed by atoms with Gasteiger partial charge in [-0.05, 0) is 18.2 Å². The first kappa shape index (κ1) is 11.3. The lowest BCUT2D eigenvalue weighted by Gasteiger charge is -2.07. The molecule has 0 amide bonds. The maximum atomic E-state index is 10.7. The Morgan fingerprint density at radius 1 is 1.38 bits per heavy atom. The summed E-state index contributed by atoms with van der Waals surface area (Å²) in [5.41, 5.74) is 3.50. The lowest BCUT2D eigenvalue weighted by atomic mass is 10.1. The monoisotopic (exact) mass is 259 g/mol. The van der Waals surface area contributed by atoms with Gasteiger partial charge in [-0.2, -0.15) is 0 Å². The zero-order chi connectivity index (χ0) is 11.7. The predicted octanol–water partition coefficient (Wildman–Crippen LogP) is 2.32. The number of halogens is 2. The lowest BCUT2D eigenvalue weighted by molar-refractivity contribution is -0.148. The van der Waals surface area contributed by atoms with Crippen molar-refractivity contribution in [2.24, 2.45) is 0 Å². The summed E-state index contributed by atoms with van der Waals surface area (Å²) in [6.45, 7) is 0. The van der Waals surface area contributed by atoms with Gasteiger partial charge in [0.05, 0.1) is 15.7 Å². The number of carboxylic acids is 1. The van der Waals surface area contributed by atoms with E-state index in [1.165, 1.54) is 6.08 Å². The highest BCUT2D eigenvalue weighted by Crippen LogP contribution is 2.31. The third kappa shape index (κ3) is 2.00. The summed E-state index contributed by atoms with van der Waals surface area (Å²) in [7, 11) is 0. The van der Waals surface area contributed by atoms with Crippen LogP contribution in [0.3, 0.4) is 0 Å². The lowest BCUT2D eigenvalue weighted by Crippen LogP contribution is -2.21. The Hall–Kier alpha value is -1.23. The Morgan fingerprint density at radius 2 is 2.00 bits per heavy atom. The fourth-order valence-corrected chi connectivity index (χ4v) is 1.96. The van der Waals surface area contributed by atoms with Crippen LogP contribution in [0.4, 0.5) is 0 Å². The van der Waals surface area contributed by atoms with E-state index >= 15 is 0 Å². The molecule has 0 aromatic heterocycles. The second-order valence-corrected chi connectivity index (χ2v) is 3.97. The van der Waals surface area contributed by atoms with Gasteiger partial charge in [0.1, 0.15) is 0 Å². The number of benzene rings is 1. The van der Waals surface area contributed by atoms with Crippen LogP contribution >= 0.6 is 23.2 Å². The molecule has 0 saturated heterocycles. The average molecular weight is 260 g/mol. The highest BCUT2D eigenvalue weighted by Gasteiger charge is 2.25. The molecule has 4 nitrogen and oxygen atoms in total. The summed E-state index contributed by atoms with van der Waals surface area (Å²) in [4.78, 5) is 15.5. The van der Waals surface area contributed by atoms with Crippen molar-refractivity contribution in [2.45, 2.75) is 6.10 Å². The van der Waals surface area contributed by atoms with Crippen LogP contribution in [0.15, 0.2) is 24.3 Å². The first-order valence-electron chi connectivity index (χ1n) is 4.40. The van der Waals surface area contributed by atoms with Crippen LogP contribution in [0, 0.1) is 0 Å². The molecule has 1 aliphatic rings. The van der Waals surface area contributed by atoms with Gasteiger partial charge in [-0.3, -0.25) is 10.3 Å². The quantitative estimate of drug-likeness (QED) is 0.856. The minimum absolute atomic E-state index is 0.431. The van der Waals surface area contributed by atoms with Crippen LogP contribution in [-0.2, 0) is 9.63 Å². The number of nitrogens with one attached hydrogen (secondary N) is 1. The molecule has 0 radical (unpaired) electrons. The van der Waals surface area contributed by atoms with E-state index in [-0.39, 0.29) is 0 Å². The molecule has 84 valence electrons. The summed E-state index contributed by atoms with van der Waals surface area (Å²) in [6.07, 6.45) is 0.387. The Bertz CT molecular complexity index is 453. The molecule has 1 aliphatic heterocycles. The van der Waals surface area contributed by atoms with Gasteiger partial charge in [0, 0.05) is 5.56 Å². The number of carbonyl (C=O) groups is 1. The Labute approximate surface area is 101 Å².